The molecule has 1 aromatic heterocycles. The molecule has 1 aromatic rings. The normalized spacial score (nSPS) is 17.6. The average molecular weight is 282 g/mol. The highest BCUT2D eigenvalue weighted by atomic mass is 32.2. The third-order valence-electron chi connectivity index (χ3n) is 3.61. The molecular weight excluding hydrogens is 260 g/mol. The van der Waals surface area contributed by atoms with Gasteiger partial charge in [0.05, 0.1) is 0 Å². The van der Waals surface area contributed by atoms with Gasteiger partial charge in [0.25, 0.3) is 0 Å². The zero-order valence-corrected chi connectivity index (χ0v) is 12.4. The summed E-state index contributed by atoms with van der Waals surface area (Å²) in [5, 5.41) is 3.41. The summed E-state index contributed by atoms with van der Waals surface area (Å²) in [5.74, 6) is 1.89. The second-order valence-electron chi connectivity index (χ2n) is 4.98. The van der Waals surface area contributed by atoms with Crippen LogP contribution in [0.15, 0.2) is 6.07 Å². The molecule has 106 valence electrons. The van der Waals surface area contributed by atoms with Crippen LogP contribution in [-0.4, -0.2) is 34.6 Å². The van der Waals surface area contributed by atoms with Gasteiger partial charge in [0.1, 0.15) is 18.2 Å². The molecule has 0 radical (unpaired) electrons. The van der Waals surface area contributed by atoms with Crippen LogP contribution in [0.1, 0.15) is 31.5 Å². The van der Waals surface area contributed by atoms with Gasteiger partial charge in [0.15, 0.2) is 5.82 Å². The van der Waals surface area contributed by atoms with Crippen LogP contribution in [0.3, 0.4) is 0 Å². The van der Waals surface area contributed by atoms with Crippen molar-refractivity contribution in [3.63, 3.8) is 0 Å². The molecule has 1 aliphatic carbocycles. The quantitative estimate of drug-likeness (QED) is 0.834. The second kappa shape index (κ2) is 6.43. The molecule has 0 spiro atoms. The fourth-order valence-corrected chi connectivity index (χ4v) is 3.44. The highest BCUT2D eigenvalue weighted by molar-refractivity contribution is 8.00. The van der Waals surface area contributed by atoms with E-state index in [-0.39, 0.29) is 0 Å². The van der Waals surface area contributed by atoms with Crippen LogP contribution >= 0.6 is 11.8 Å². The fraction of sp³-hybridized carbons (Fsp3) is 0.692. The standard InChI is InChI=1S/C13H22N4OS/c1-18-8-12-16-10(14)7-11(17-12)15-9-13(19-2)5-3-4-6-13/h7H,3-6,8-9H2,1-2H3,(H3,14,15,16,17). The van der Waals surface area contributed by atoms with Gasteiger partial charge in [0.2, 0.25) is 0 Å². The maximum absolute atomic E-state index is 5.79. The number of thioether (sulfide) groups is 1. The molecule has 2 rings (SSSR count). The van der Waals surface area contributed by atoms with E-state index in [0.717, 1.165) is 12.4 Å². The maximum Gasteiger partial charge on any atom is 0.158 e. The van der Waals surface area contributed by atoms with Crippen molar-refractivity contribution >= 4 is 23.4 Å². The Labute approximate surface area is 118 Å². The number of rotatable bonds is 6. The maximum atomic E-state index is 5.79. The number of nitrogens with one attached hydrogen (secondary N) is 1. The van der Waals surface area contributed by atoms with E-state index in [4.69, 9.17) is 10.5 Å². The van der Waals surface area contributed by atoms with Crippen LogP contribution in [0.2, 0.25) is 0 Å². The van der Waals surface area contributed by atoms with E-state index < -0.39 is 0 Å². The Balaban J connectivity index is 2.02. The smallest absolute Gasteiger partial charge is 0.158 e. The first-order valence-electron chi connectivity index (χ1n) is 6.59. The number of methoxy groups -OCH3 is 1. The van der Waals surface area contributed by atoms with Gasteiger partial charge in [0, 0.05) is 24.5 Å². The molecular formula is C13H22N4OS. The van der Waals surface area contributed by atoms with Crippen LogP contribution in [0.4, 0.5) is 11.6 Å². The summed E-state index contributed by atoms with van der Waals surface area (Å²) in [5.41, 5.74) is 5.79. The van der Waals surface area contributed by atoms with Gasteiger partial charge in [-0.25, -0.2) is 9.97 Å². The molecule has 19 heavy (non-hydrogen) atoms. The van der Waals surface area contributed by atoms with Crippen LogP contribution < -0.4 is 11.1 Å². The Bertz CT molecular complexity index is 421. The number of ether oxygens (including phenoxy) is 1. The van der Waals surface area contributed by atoms with Gasteiger partial charge in [-0.2, -0.15) is 11.8 Å². The lowest BCUT2D eigenvalue weighted by Gasteiger charge is -2.27. The van der Waals surface area contributed by atoms with Crippen LogP contribution in [0, 0.1) is 0 Å². The SMILES string of the molecule is COCc1nc(N)cc(NCC2(SC)CCCC2)n1. The molecule has 1 saturated carbocycles. The largest absolute Gasteiger partial charge is 0.384 e. The van der Waals surface area contributed by atoms with Gasteiger partial charge in [-0.05, 0) is 19.1 Å². The van der Waals surface area contributed by atoms with Crippen molar-refractivity contribution in [2.45, 2.75) is 37.0 Å². The number of anilines is 2. The summed E-state index contributed by atoms with van der Waals surface area (Å²) < 4.78 is 5.39. The van der Waals surface area contributed by atoms with E-state index in [1.54, 1.807) is 13.2 Å². The summed E-state index contributed by atoms with van der Waals surface area (Å²) in [6.45, 7) is 1.31. The lowest BCUT2D eigenvalue weighted by molar-refractivity contribution is 0.178. The van der Waals surface area contributed by atoms with Crippen molar-refractivity contribution in [2.75, 3.05) is 31.0 Å². The Morgan fingerprint density at radius 2 is 2.16 bits per heavy atom. The van der Waals surface area contributed by atoms with E-state index in [9.17, 15) is 0 Å². The van der Waals surface area contributed by atoms with Gasteiger partial charge in [-0.3, -0.25) is 0 Å². The van der Waals surface area contributed by atoms with E-state index in [1.165, 1.54) is 25.7 Å². The highest BCUT2D eigenvalue weighted by Crippen LogP contribution is 2.40. The predicted octanol–water partition coefficient (Wildman–Crippen LogP) is 2.29. The van der Waals surface area contributed by atoms with E-state index in [0.29, 0.717) is 23.0 Å². The summed E-state index contributed by atoms with van der Waals surface area (Å²) in [4.78, 5) is 8.55. The van der Waals surface area contributed by atoms with Gasteiger partial charge in [-0.1, -0.05) is 12.8 Å². The molecule has 0 saturated heterocycles. The third kappa shape index (κ3) is 3.73. The lowest BCUT2D eigenvalue weighted by Crippen LogP contribution is -2.30. The number of aromatic nitrogens is 2. The second-order valence-corrected chi connectivity index (χ2v) is 6.25. The molecule has 5 nitrogen and oxygen atoms in total. The van der Waals surface area contributed by atoms with Crippen molar-refractivity contribution < 1.29 is 4.74 Å². The van der Waals surface area contributed by atoms with Crippen LogP contribution in [-0.2, 0) is 11.3 Å². The molecule has 1 heterocycles. The van der Waals surface area contributed by atoms with E-state index in [1.807, 2.05) is 11.8 Å². The Hall–Kier alpha value is -1.01. The molecule has 0 amide bonds. The molecule has 0 atom stereocenters. The Morgan fingerprint density at radius 3 is 2.79 bits per heavy atom. The van der Waals surface area contributed by atoms with E-state index >= 15 is 0 Å². The first kappa shape index (κ1) is 14.4. The lowest BCUT2D eigenvalue weighted by atomic mass is 10.1. The summed E-state index contributed by atoms with van der Waals surface area (Å²) >= 11 is 1.96. The third-order valence-corrected chi connectivity index (χ3v) is 5.02. The van der Waals surface area contributed by atoms with Crippen LogP contribution in [0.25, 0.3) is 0 Å². The number of hydrogen-bond acceptors (Lipinski definition) is 6. The first-order chi connectivity index (χ1) is 9.17. The first-order valence-corrected chi connectivity index (χ1v) is 7.81. The molecule has 0 aliphatic heterocycles. The van der Waals surface area contributed by atoms with Gasteiger partial charge in [-0.15, -0.1) is 0 Å². The van der Waals surface area contributed by atoms with Crippen molar-refractivity contribution in [2.24, 2.45) is 0 Å². The van der Waals surface area contributed by atoms with Crippen molar-refractivity contribution in [1.29, 1.82) is 0 Å². The number of nitrogen functional groups attached to an aromatic ring is 1. The predicted molar refractivity (Wildman–Crippen MR) is 80.4 cm³/mol. The monoisotopic (exact) mass is 282 g/mol. The number of nitrogens with zero attached hydrogens (tertiary/aromatic N) is 2. The molecule has 3 N–H and O–H groups in total. The molecule has 1 fully saturated rings. The Morgan fingerprint density at radius 1 is 1.42 bits per heavy atom. The Kier molecular flexibility index (Phi) is 4.87. The fourth-order valence-electron chi connectivity index (χ4n) is 2.53. The summed E-state index contributed by atoms with van der Waals surface area (Å²) in [6.07, 6.45) is 7.38. The van der Waals surface area contributed by atoms with Crippen molar-refractivity contribution in [1.82, 2.24) is 9.97 Å². The number of nitrogens with two attached hydrogens (primary N) is 1. The minimum Gasteiger partial charge on any atom is -0.384 e. The van der Waals surface area contributed by atoms with Crippen molar-refractivity contribution in [3.05, 3.63) is 11.9 Å². The molecule has 1 aliphatic rings. The molecule has 0 unspecified atom stereocenters. The summed E-state index contributed by atoms with van der Waals surface area (Å²) in [6, 6.07) is 1.78. The topological polar surface area (TPSA) is 73.1 Å². The number of hydrogen-bond donors (Lipinski definition) is 2. The van der Waals surface area contributed by atoms with Gasteiger partial charge < -0.3 is 15.8 Å². The molecule has 6 heteroatoms. The molecule has 0 aromatic carbocycles. The molecule has 0 bridgehead atoms. The summed E-state index contributed by atoms with van der Waals surface area (Å²) in [7, 11) is 1.63. The van der Waals surface area contributed by atoms with Crippen molar-refractivity contribution in [3.8, 4) is 0 Å². The minimum atomic E-state index is 0.348. The van der Waals surface area contributed by atoms with Crippen LogP contribution in [0.5, 0.6) is 0 Å². The highest BCUT2D eigenvalue weighted by Gasteiger charge is 2.32. The average Bonchev–Trinajstić information content (AvgIpc) is 2.86. The zero-order chi connectivity index (χ0) is 13.7. The van der Waals surface area contributed by atoms with Gasteiger partial charge >= 0.3 is 0 Å². The zero-order valence-electron chi connectivity index (χ0n) is 11.6. The van der Waals surface area contributed by atoms with E-state index in [2.05, 4.69) is 21.5 Å². The minimum absolute atomic E-state index is 0.348.